The van der Waals surface area contributed by atoms with E-state index in [4.69, 9.17) is 4.52 Å². The van der Waals surface area contributed by atoms with Crippen LogP contribution in [-0.2, 0) is 6.42 Å². The number of aromatic nitrogens is 2. The normalized spacial score (nSPS) is 18.9. The molecule has 5 heteroatoms. The van der Waals surface area contributed by atoms with Gasteiger partial charge < -0.3 is 9.84 Å². The molecular formula is C14H16FN3O. The van der Waals surface area contributed by atoms with Crippen molar-refractivity contribution in [1.29, 1.82) is 0 Å². The molecule has 1 N–H and O–H groups in total. The van der Waals surface area contributed by atoms with Gasteiger partial charge in [0, 0.05) is 12.0 Å². The molecule has 1 saturated heterocycles. The lowest BCUT2D eigenvalue weighted by atomic mass is 10.0. The van der Waals surface area contributed by atoms with Gasteiger partial charge in [-0.3, -0.25) is 0 Å². The Morgan fingerprint density at radius 3 is 3.16 bits per heavy atom. The van der Waals surface area contributed by atoms with Gasteiger partial charge in [0.2, 0.25) is 11.7 Å². The summed E-state index contributed by atoms with van der Waals surface area (Å²) in [5.74, 6) is 1.50. The van der Waals surface area contributed by atoms with E-state index in [1.807, 2.05) is 0 Å². The third-order valence-corrected chi connectivity index (χ3v) is 3.48. The lowest BCUT2D eigenvalue weighted by Crippen LogP contribution is -2.09. The molecular weight excluding hydrogens is 245 g/mol. The molecule has 1 aliphatic heterocycles. The molecule has 0 amide bonds. The highest BCUT2D eigenvalue weighted by molar-refractivity contribution is 5.53. The summed E-state index contributed by atoms with van der Waals surface area (Å²) < 4.78 is 18.3. The monoisotopic (exact) mass is 261 g/mol. The van der Waals surface area contributed by atoms with Gasteiger partial charge in [0.1, 0.15) is 5.82 Å². The molecule has 3 rings (SSSR count). The third-order valence-electron chi connectivity index (χ3n) is 3.48. The van der Waals surface area contributed by atoms with Gasteiger partial charge in [0.25, 0.3) is 0 Å². The van der Waals surface area contributed by atoms with Crippen LogP contribution in [0.3, 0.4) is 0 Å². The van der Waals surface area contributed by atoms with E-state index in [0.29, 0.717) is 23.2 Å². The number of nitrogens with zero attached hydrogens (tertiary/aromatic N) is 2. The Morgan fingerprint density at radius 1 is 1.42 bits per heavy atom. The summed E-state index contributed by atoms with van der Waals surface area (Å²) in [6.45, 7) is 2.17. The smallest absolute Gasteiger partial charge is 0.226 e. The lowest BCUT2D eigenvalue weighted by molar-refractivity contribution is 0.365. The molecule has 4 nitrogen and oxygen atoms in total. The largest absolute Gasteiger partial charge is 0.339 e. The second kappa shape index (κ2) is 5.48. The van der Waals surface area contributed by atoms with Crippen LogP contribution in [0.15, 0.2) is 28.8 Å². The maximum atomic E-state index is 13.1. The van der Waals surface area contributed by atoms with E-state index in [1.165, 1.54) is 18.6 Å². The van der Waals surface area contributed by atoms with Crippen molar-refractivity contribution < 1.29 is 8.91 Å². The zero-order valence-electron chi connectivity index (χ0n) is 10.6. The van der Waals surface area contributed by atoms with Crippen LogP contribution < -0.4 is 5.32 Å². The fourth-order valence-corrected chi connectivity index (χ4v) is 2.39. The highest BCUT2D eigenvalue weighted by Gasteiger charge is 2.16. The topological polar surface area (TPSA) is 51.0 Å². The van der Waals surface area contributed by atoms with Crippen LogP contribution in [0.5, 0.6) is 0 Å². The van der Waals surface area contributed by atoms with Gasteiger partial charge in [-0.2, -0.15) is 4.98 Å². The van der Waals surface area contributed by atoms with Gasteiger partial charge in [-0.15, -0.1) is 0 Å². The number of rotatable bonds is 4. The molecule has 100 valence electrons. The fourth-order valence-electron chi connectivity index (χ4n) is 2.39. The predicted octanol–water partition coefficient (Wildman–Crippen LogP) is 2.42. The maximum Gasteiger partial charge on any atom is 0.226 e. The summed E-state index contributed by atoms with van der Waals surface area (Å²) in [5.41, 5.74) is 0.650. The molecule has 1 aromatic carbocycles. The van der Waals surface area contributed by atoms with Crippen molar-refractivity contribution in [2.24, 2.45) is 5.92 Å². The number of halogens is 1. The van der Waals surface area contributed by atoms with E-state index in [1.54, 1.807) is 12.1 Å². The Hall–Kier alpha value is -1.75. The number of aryl methyl sites for hydroxylation is 1. The van der Waals surface area contributed by atoms with Crippen LogP contribution in [0.25, 0.3) is 11.4 Å². The number of benzene rings is 1. The Balaban J connectivity index is 1.65. The molecule has 0 radical (unpaired) electrons. The van der Waals surface area contributed by atoms with Crippen LogP contribution >= 0.6 is 0 Å². The first kappa shape index (κ1) is 12.3. The van der Waals surface area contributed by atoms with E-state index < -0.39 is 0 Å². The summed E-state index contributed by atoms with van der Waals surface area (Å²) >= 11 is 0. The predicted molar refractivity (Wildman–Crippen MR) is 69.0 cm³/mol. The number of hydrogen-bond donors (Lipinski definition) is 1. The Bertz CT molecular complexity index is 549. The lowest BCUT2D eigenvalue weighted by Gasteiger charge is -2.03. The van der Waals surface area contributed by atoms with Crippen LogP contribution in [0, 0.1) is 11.7 Å². The molecule has 1 aromatic heterocycles. The first-order valence-corrected chi connectivity index (χ1v) is 6.60. The van der Waals surface area contributed by atoms with Gasteiger partial charge >= 0.3 is 0 Å². The Labute approximate surface area is 111 Å². The molecule has 0 bridgehead atoms. The first-order chi connectivity index (χ1) is 9.31. The average Bonchev–Trinajstić information content (AvgIpc) is 3.08. The van der Waals surface area contributed by atoms with Crippen molar-refractivity contribution in [2.45, 2.75) is 19.3 Å². The molecule has 2 heterocycles. The van der Waals surface area contributed by atoms with Crippen molar-refractivity contribution >= 4 is 0 Å². The van der Waals surface area contributed by atoms with Crippen LogP contribution in [0.4, 0.5) is 4.39 Å². The third kappa shape index (κ3) is 2.98. The van der Waals surface area contributed by atoms with Crippen molar-refractivity contribution in [3.05, 3.63) is 36.0 Å². The second-order valence-corrected chi connectivity index (χ2v) is 4.92. The molecule has 1 aliphatic rings. The van der Waals surface area contributed by atoms with Crippen LogP contribution in [0.2, 0.25) is 0 Å². The van der Waals surface area contributed by atoms with Crippen LogP contribution in [-0.4, -0.2) is 23.2 Å². The molecule has 0 spiro atoms. The average molecular weight is 261 g/mol. The summed E-state index contributed by atoms with van der Waals surface area (Å²) in [6.07, 6.45) is 3.05. The molecule has 1 atom stereocenters. The zero-order chi connectivity index (χ0) is 13.1. The number of nitrogens with one attached hydrogen (secondary N) is 1. The van der Waals surface area contributed by atoms with Crippen molar-refractivity contribution in [3.8, 4) is 11.4 Å². The first-order valence-electron chi connectivity index (χ1n) is 6.60. The van der Waals surface area contributed by atoms with E-state index in [2.05, 4.69) is 15.5 Å². The Morgan fingerprint density at radius 2 is 2.37 bits per heavy atom. The molecule has 0 saturated carbocycles. The van der Waals surface area contributed by atoms with Gasteiger partial charge in [0.05, 0.1) is 0 Å². The summed E-state index contributed by atoms with van der Waals surface area (Å²) in [5, 5.41) is 7.24. The molecule has 1 fully saturated rings. The highest BCUT2D eigenvalue weighted by atomic mass is 19.1. The second-order valence-electron chi connectivity index (χ2n) is 4.92. The summed E-state index contributed by atoms with van der Waals surface area (Å²) in [4.78, 5) is 4.32. The van der Waals surface area contributed by atoms with E-state index in [-0.39, 0.29) is 5.82 Å². The summed E-state index contributed by atoms with van der Waals surface area (Å²) in [6, 6.07) is 6.23. The number of hydrogen-bond acceptors (Lipinski definition) is 4. The van der Waals surface area contributed by atoms with Crippen LogP contribution in [0.1, 0.15) is 18.7 Å². The summed E-state index contributed by atoms with van der Waals surface area (Å²) in [7, 11) is 0. The highest BCUT2D eigenvalue weighted by Crippen LogP contribution is 2.19. The fraction of sp³-hybridized carbons (Fsp3) is 0.429. The standard InChI is InChI=1S/C14H16FN3O/c15-12-3-1-2-11(8-12)14-17-13(19-18-14)5-4-10-6-7-16-9-10/h1-3,8,10,16H,4-7,9H2. The van der Waals surface area contributed by atoms with E-state index in [0.717, 1.165) is 25.9 Å². The molecule has 2 aromatic rings. The molecule has 19 heavy (non-hydrogen) atoms. The Kier molecular flexibility index (Phi) is 3.55. The van der Waals surface area contributed by atoms with Gasteiger partial charge in [-0.25, -0.2) is 4.39 Å². The van der Waals surface area contributed by atoms with E-state index >= 15 is 0 Å². The SMILES string of the molecule is Fc1cccc(-c2noc(CCC3CCNC3)n2)c1. The minimum absolute atomic E-state index is 0.291. The minimum atomic E-state index is -0.291. The van der Waals surface area contributed by atoms with E-state index in [9.17, 15) is 4.39 Å². The van der Waals surface area contributed by atoms with Gasteiger partial charge in [-0.05, 0) is 44.0 Å². The molecule has 1 unspecified atom stereocenters. The quantitative estimate of drug-likeness (QED) is 0.918. The zero-order valence-corrected chi connectivity index (χ0v) is 10.6. The minimum Gasteiger partial charge on any atom is -0.339 e. The maximum absolute atomic E-state index is 13.1. The van der Waals surface area contributed by atoms with Crippen molar-refractivity contribution in [2.75, 3.05) is 13.1 Å². The van der Waals surface area contributed by atoms with Gasteiger partial charge in [-0.1, -0.05) is 17.3 Å². The molecule has 0 aliphatic carbocycles. The van der Waals surface area contributed by atoms with Crippen molar-refractivity contribution in [3.63, 3.8) is 0 Å². The van der Waals surface area contributed by atoms with Gasteiger partial charge in [0.15, 0.2) is 0 Å². The van der Waals surface area contributed by atoms with Crippen molar-refractivity contribution in [1.82, 2.24) is 15.5 Å².